The molecule has 16 heavy (non-hydrogen) atoms. The van der Waals surface area contributed by atoms with Crippen LogP contribution in [0.1, 0.15) is 18.9 Å². The molecule has 0 aromatic heterocycles. The third-order valence-corrected chi connectivity index (χ3v) is 4.41. The standard InChI is InChI=1S/C13H19BrN2/c1-9-8-16(7-6-12(9)15)13-5-3-4-11(14)10(13)2/h3-5,9,12H,6-8,15H2,1-2H3. The molecular formula is C13H19BrN2. The van der Waals surface area contributed by atoms with Crippen molar-refractivity contribution >= 4 is 21.6 Å². The maximum Gasteiger partial charge on any atom is 0.0407 e. The van der Waals surface area contributed by atoms with Crippen molar-refractivity contribution in [3.05, 3.63) is 28.2 Å². The van der Waals surface area contributed by atoms with E-state index in [2.05, 4.69) is 52.9 Å². The molecule has 3 heteroatoms. The van der Waals surface area contributed by atoms with Gasteiger partial charge in [0.2, 0.25) is 0 Å². The lowest BCUT2D eigenvalue weighted by Gasteiger charge is -2.37. The van der Waals surface area contributed by atoms with Crippen molar-refractivity contribution in [1.82, 2.24) is 0 Å². The van der Waals surface area contributed by atoms with E-state index in [-0.39, 0.29) is 0 Å². The lowest BCUT2D eigenvalue weighted by Crippen LogP contribution is -2.46. The average molecular weight is 283 g/mol. The number of hydrogen-bond acceptors (Lipinski definition) is 2. The normalized spacial score (nSPS) is 25.9. The fourth-order valence-electron chi connectivity index (χ4n) is 2.32. The number of nitrogens with two attached hydrogens (primary N) is 1. The number of rotatable bonds is 1. The Kier molecular flexibility index (Phi) is 3.55. The number of halogens is 1. The van der Waals surface area contributed by atoms with Crippen molar-refractivity contribution in [2.45, 2.75) is 26.3 Å². The third kappa shape index (κ3) is 2.25. The van der Waals surface area contributed by atoms with Crippen LogP contribution in [0.25, 0.3) is 0 Å². The molecule has 1 saturated heterocycles. The Hall–Kier alpha value is -0.540. The molecule has 2 unspecified atom stereocenters. The van der Waals surface area contributed by atoms with Gasteiger partial charge in [0, 0.05) is 29.3 Å². The molecule has 0 aliphatic carbocycles. The predicted octanol–water partition coefficient (Wildman–Crippen LogP) is 2.93. The molecule has 2 rings (SSSR count). The van der Waals surface area contributed by atoms with Crippen molar-refractivity contribution < 1.29 is 0 Å². The number of hydrogen-bond donors (Lipinski definition) is 1. The molecular weight excluding hydrogens is 264 g/mol. The van der Waals surface area contributed by atoms with E-state index in [9.17, 15) is 0 Å². The molecule has 1 heterocycles. The van der Waals surface area contributed by atoms with Gasteiger partial charge >= 0.3 is 0 Å². The van der Waals surface area contributed by atoms with Crippen LogP contribution in [-0.2, 0) is 0 Å². The molecule has 0 amide bonds. The van der Waals surface area contributed by atoms with E-state index in [4.69, 9.17) is 5.73 Å². The molecule has 0 spiro atoms. The molecule has 2 N–H and O–H groups in total. The molecule has 88 valence electrons. The quantitative estimate of drug-likeness (QED) is 0.858. The smallest absolute Gasteiger partial charge is 0.0407 e. The molecule has 1 aliphatic heterocycles. The van der Waals surface area contributed by atoms with Gasteiger partial charge in [-0.1, -0.05) is 28.9 Å². The van der Waals surface area contributed by atoms with E-state index in [1.807, 2.05) is 0 Å². The minimum atomic E-state index is 0.365. The first kappa shape index (κ1) is 11.9. The maximum atomic E-state index is 6.05. The zero-order valence-electron chi connectivity index (χ0n) is 9.91. The average Bonchev–Trinajstić information content (AvgIpc) is 2.26. The first-order valence-electron chi connectivity index (χ1n) is 5.85. The Morgan fingerprint density at radius 2 is 2.19 bits per heavy atom. The molecule has 1 aromatic carbocycles. The molecule has 2 nitrogen and oxygen atoms in total. The lowest BCUT2D eigenvalue weighted by atomic mass is 9.94. The van der Waals surface area contributed by atoms with E-state index in [1.165, 1.54) is 15.7 Å². The Morgan fingerprint density at radius 1 is 1.44 bits per heavy atom. The van der Waals surface area contributed by atoms with Gasteiger partial charge in [-0.2, -0.15) is 0 Å². The zero-order valence-corrected chi connectivity index (χ0v) is 11.5. The van der Waals surface area contributed by atoms with Gasteiger partial charge in [0.05, 0.1) is 0 Å². The van der Waals surface area contributed by atoms with Crippen molar-refractivity contribution in [3.63, 3.8) is 0 Å². The summed E-state index contributed by atoms with van der Waals surface area (Å²) in [5, 5.41) is 0. The Balaban J connectivity index is 2.22. The highest BCUT2D eigenvalue weighted by atomic mass is 79.9. The SMILES string of the molecule is Cc1c(Br)cccc1N1CCC(N)C(C)C1. The van der Waals surface area contributed by atoms with Crippen LogP contribution >= 0.6 is 15.9 Å². The highest BCUT2D eigenvalue weighted by molar-refractivity contribution is 9.10. The van der Waals surface area contributed by atoms with E-state index in [1.54, 1.807) is 0 Å². The summed E-state index contributed by atoms with van der Waals surface area (Å²) in [6, 6.07) is 6.76. The lowest BCUT2D eigenvalue weighted by molar-refractivity contribution is 0.382. The number of anilines is 1. The van der Waals surface area contributed by atoms with E-state index in [0.717, 1.165) is 19.5 Å². The Bertz CT molecular complexity index is 378. The summed E-state index contributed by atoms with van der Waals surface area (Å²) in [7, 11) is 0. The van der Waals surface area contributed by atoms with Crippen LogP contribution in [0.4, 0.5) is 5.69 Å². The summed E-state index contributed by atoms with van der Waals surface area (Å²) in [5.74, 6) is 0.576. The van der Waals surface area contributed by atoms with E-state index in [0.29, 0.717) is 12.0 Å². The molecule has 0 radical (unpaired) electrons. The molecule has 0 bridgehead atoms. The molecule has 1 aliphatic rings. The Labute approximate surface area is 106 Å². The van der Waals surface area contributed by atoms with Gasteiger partial charge in [0.25, 0.3) is 0 Å². The second kappa shape index (κ2) is 4.76. The van der Waals surface area contributed by atoms with Crippen molar-refractivity contribution in [2.24, 2.45) is 11.7 Å². The van der Waals surface area contributed by atoms with Crippen LogP contribution < -0.4 is 10.6 Å². The van der Waals surface area contributed by atoms with Gasteiger partial charge in [-0.15, -0.1) is 0 Å². The Morgan fingerprint density at radius 3 is 2.88 bits per heavy atom. The monoisotopic (exact) mass is 282 g/mol. The largest absolute Gasteiger partial charge is 0.371 e. The number of nitrogens with zero attached hydrogens (tertiary/aromatic N) is 1. The fraction of sp³-hybridized carbons (Fsp3) is 0.538. The minimum absolute atomic E-state index is 0.365. The fourth-order valence-corrected chi connectivity index (χ4v) is 2.68. The second-order valence-corrected chi connectivity index (χ2v) is 5.61. The predicted molar refractivity (Wildman–Crippen MR) is 72.8 cm³/mol. The molecule has 0 saturated carbocycles. The van der Waals surface area contributed by atoms with Crippen molar-refractivity contribution in [2.75, 3.05) is 18.0 Å². The van der Waals surface area contributed by atoms with Crippen LogP contribution in [0.2, 0.25) is 0 Å². The van der Waals surface area contributed by atoms with E-state index < -0.39 is 0 Å². The molecule has 1 fully saturated rings. The van der Waals surface area contributed by atoms with Crippen LogP contribution in [-0.4, -0.2) is 19.1 Å². The molecule has 2 atom stereocenters. The second-order valence-electron chi connectivity index (χ2n) is 4.76. The van der Waals surface area contributed by atoms with Gasteiger partial charge < -0.3 is 10.6 Å². The first-order valence-corrected chi connectivity index (χ1v) is 6.64. The summed E-state index contributed by atoms with van der Waals surface area (Å²) >= 11 is 3.59. The van der Waals surface area contributed by atoms with Crippen molar-refractivity contribution in [3.8, 4) is 0 Å². The van der Waals surface area contributed by atoms with Crippen molar-refractivity contribution in [1.29, 1.82) is 0 Å². The number of piperidine rings is 1. The van der Waals surface area contributed by atoms with Crippen LogP contribution in [0.15, 0.2) is 22.7 Å². The highest BCUT2D eigenvalue weighted by Crippen LogP contribution is 2.29. The van der Waals surface area contributed by atoms with Crippen LogP contribution in [0.3, 0.4) is 0 Å². The van der Waals surface area contributed by atoms with Crippen LogP contribution in [0, 0.1) is 12.8 Å². The maximum absolute atomic E-state index is 6.05. The summed E-state index contributed by atoms with van der Waals surface area (Å²) in [6.07, 6.45) is 1.09. The van der Waals surface area contributed by atoms with Gasteiger partial charge in [-0.3, -0.25) is 0 Å². The summed E-state index contributed by atoms with van der Waals surface area (Å²) in [4.78, 5) is 2.45. The minimum Gasteiger partial charge on any atom is -0.371 e. The summed E-state index contributed by atoms with van der Waals surface area (Å²) < 4.78 is 1.19. The summed E-state index contributed by atoms with van der Waals surface area (Å²) in [6.45, 7) is 6.55. The van der Waals surface area contributed by atoms with Gasteiger partial charge in [0.1, 0.15) is 0 Å². The molecule has 1 aromatic rings. The first-order chi connectivity index (χ1) is 7.59. The van der Waals surface area contributed by atoms with E-state index >= 15 is 0 Å². The summed E-state index contributed by atoms with van der Waals surface area (Å²) in [5.41, 5.74) is 8.72. The highest BCUT2D eigenvalue weighted by Gasteiger charge is 2.24. The topological polar surface area (TPSA) is 29.3 Å². The third-order valence-electron chi connectivity index (χ3n) is 3.55. The van der Waals surface area contributed by atoms with Gasteiger partial charge in [-0.25, -0.2) is 0 Å². The number of benzene rings is 1. The van der Waals surface area contributed by atoms with Gasteiger partial charge in [0.15, 0.2) is 0 Å². The van der Waals surface area contributed by atoms with Crippen LogP contribution in [0.5, 0.6) is 0 Å². The zero-order chi connectivity index (χ0) is 11.7. The van der Waals surface area contributed by atoms with Gasteiger partial charge in [-0.05, 0) is 37.0 Å².